The minimum absolute atomic E-state index is 0.0606. The highest BCUT2D eigenvalue weighted by Gasteiger charge is 2.43. The van der Waals surface area contributed by atoms with E-state index >= 15 is 0 Å². The Morgan fingerprint density at radius 3 is 2.37 bits per heavy atom. The van der Waals surface area contributed by atoms with Gasteiger partial charge in [0.05, 0.1) is 0 Å². The van der Waals surface area contributed by atoms with E-state index in [-0.39, 0.29) is 35.4 Å². The van der Waals surface area contributed by atoms with Gasteiger partial charge in [-0.05, 0) is 56.0 Å². The molecule has 0 aromatic heterocycles. The van der Waals surface area contributed by atoms with E-state index in [1.807, 2.05) is 31.2 Å². The van der Waals surface area contributed by atoms with Gasteiger partial charge < -0.3 is 15.5 Å². The molecule has 5 nitrogen and oxygen atoms in total. The van der Waals surface area contributed by atoms with Crippen LogP contribution in [0.2, 0.25) is 0 Å². The van der Waals surface area contributed by atoms with Crippen molar-refractivity contribution in [3.05, 3.63) is 65.2 Å². The van der Waals surface area contributed by atoms with Gasteiger partial charge in [0.15, 0.2) is 0 Å². The van der Waals surface area contributed by atoms with E-state index < -0.39 is 11.6 Å². The van der Waals surface area contributed by atoms with Gasteiger partial charge in [-0.3, -0.25) is 4.79 Å². The molecule has 1 aliphatic heterocycles. The number of nitrogens with zero attached hydrogens (tertiary/aromatic N) is 1. The van der Waals surface area contributed by atoms with Crippen LogP contribution in [-0.4, -0.2) is 36.0 Å². The zero-order chi connectivity index (χ0) is 21.3. The molecule has 3 amide bonds. The number of piperidine rings is 1. The Hall–Kier alpha value is -2.96. The number of carbonyl (C=O) groups excluding carboxylic acids is 2. The van der Waals surface area contributed by atoms with Crippen molar-refractivity contribution >= 4 is 17.6 Å². The lowest BCUT2D eigenvalue weighted by Gasteiger charge is -2.31. The van der Waals surface area contributed by atoms with Gasteiger partial charge in [-0.15, -0.1) is 0 Å². The second kappa shape index (κ2) is 8.42. The second-order valence-corrected chi connectivity index (χ2v) is 8.15. The molecule has 30 heavy (non-hydrogen) atoms. The van der Waals surface area contributed by atoms with E-state index in [2.05, 4.69) is 10.6 Å². The molecule has 1 saturated carbocycles. The van der Waals surface area contributed by atoms with Crippen LogP contribution >= 0.6 is 0 Å². The highest BCUT2D eigenvalue weighted by molar-refractivity contribution is 5.89. The number of amides is 3. The van der Waals surface area contributed by atoms with Gasteiger partial charge in [-0.1, -0.05) is 18.2 Å². The van der Waals surface area contributed by atoms with Crippen molar-refractivity contribution < 1.29 is 18.4 Å². The monoisotopic (exact) mass is 413 g/mol. The summed E-state index contributed by atoms with van der Waals surface area (Å²) < 4.78 is 27.8. The topological polar surface area (TPSA) is 61.4 Å². The Morgan fingerprint density at radius 1 is 1.03 bits per heavy atom. The molecule has 1 aliphatic carbocycles. The van der Waals surface area contributed by atoms with Crippen LogP contribution in [0, 0.1) is 24.5 Å². The van der Waals surface area contributed by atoms with Crippen LogP contribution in [-0.2, 0) is 4.79 Å². The molecule has 4 rings (SSSR count). The van der Waals surface area contributed by atoms with Crippen LogP contribution in [0.1, 0.15) is 36.3 Å². The SMILES string of the molecule is Cc1cccc(NC(=O)N2CCC(C(=O)NC3CC3c3c(F)cccc3F)CC2)c1. The van der Waals surface area contributed by atoms with Gasteiger partial charge in [-0.2, -0.15) is 0 Å². The molecule has 0 spiro atoms. The fourth-order valence-corrected chi connectivity index (χ4v) is 4.11. The predicted molar refractivity (Wildman–Crippen MR) is 110 cm³/mol. The van der Waals surface area contributed by atoms with Crippen molar-refractivity contribution in [3.8, 4) is 0 Å². The summed E-state index contributed by atoms with van der Waals surface area (Å²) in [5.41, 5.74) is 1.88. The van der Waals surface area contributed by atoms with Gasteiger partial charge in [0, 0.05) is 42.2 Å². The third-order valence-corrected chi connectivity index (χ3v) is 5.91. The van der Waals surface area contributed by atoms with E-state index in [0.29, 0.717) is 32.4 Å². The predicted octanol–water partition coefficient (Wildman–Crippen LogP) is 4.19. The van der Waals surface area contributed by atoms with E-state index in [1.165, 1.54) is 18.2 Å². The number of hydrogen-bond donors (Lipinski definition) is 2. The number of hydrogen-bond acceptors (Lipinski definition) is 2. The van der Waals surface area contributed by atoms with E-state index in [4.69, 9.17) is 0 Å². The quantitative estimate of drug-likeness (QED) is 0.790. The summed E-state index contributed by atoms with van der Waals surface area (Å²) >= 11 is 0. The summed E-state index contributed by atoms with van der Waals surface area (Å²) in [6.07, 6.45) is 1.68. The zero-order valence-electron chi connectivity index (χ0n) is 16.8. The number of urea groups is 1. The molecule has 2 aromatic carbocycles. The van der Waals surface area contributed by atoms with E-state index in [1.54, 1.807) is 4.90 Å². The van der Waals surface area contributed by atoms with Gasteiger partial charge >= 0.3 is 6.03 Å². The van der Waals surface area contributed by atoms with Crippen molar-refractivity contribution in [1.82, 2.24) is 10.2 Å². The molecule has 2 aliphatic rings. The highest BCUT2D eigenvalue weighted by atomic mass is 19.1. The number of carbonyl (C=O) groups is 2. The molecular weight excluding hydrogens is 388 g/mol. The van der Waals surface area contributed by atoms with Crippen molar-refractivity contribution in [3.63, 3.8) is 0 Å². The van der Waals surface area contributed by atoms with Crippen LogP contribution in [0.5, 0.6) is 0 Å². The lowest BCUT2D eigenvalue weighted by atomic mass is 9.96. The zero-order valence-corrected chi connectivity index (χ0v) is 16.8. The molecular formula is C23H25F2N3O2. The third kappa shape index (κ3) is 4.45. The Kier molecular flexibility index (Phi) is 5.70. The summed E-state index contributed by atoms with van der Waals surface area (Å²) in [7, 11) is 0. The minimum Gasteiger partial charge on any atom is -0.352 e. The van der Waals surface area contributed by atoms with Crippen LogP contribution in [0.25, 0.3) is 0 Å². The fourth-order valence-electron chi connectivity index (χ4n) is 4.11. The van der Waals surface area contributed by atoms with Gasteiger partial charge in [0.2, 0.25) is 5.91 Å². The number of halogens is 2. The average molecular weight is 413 g/mol. The molecule has 2 N–H and O–H groups in total. The molecule has 158 valence electrons. The number of aryl methyl sites for hydroxylation is 1. The van der Waals surface area contributed by atoms with Crippen molar-refractivity contribution in [2.45, 2.75) is 38.1 Å². The number of likely N-dealkylation sites (tertiary alicyclic amines) is 1. The van der Waals surface area contributed by atoms with Crippen molar-refractivity contribution in [2.24, 2.45) is 5.92 Å². The maximum atomic E-state index is 13.9. The Morgan fingerprint density at radius 2 is 1.70 bits per heavy atom. The largest absolute Gasteiger partial charge is 0.352 e. The lowest BCUT2D eigenvalue weighted by Crippen LogP contribution is -2.45. The Labute approximate surface area is 174 Å². The molecule has 1 saturated heterocycles. The van der Waals surface area contributed by atoms with Crippen LogP contribution in [0.4, 0.5) is 19.3 Å². The molecule has 7 heteroatoms. The molecule has 2 atom stereocenters. The minimum atomic E-state index is -0.565. The van der Waals surface area contributed by atoms with E-state index in [9.17, 15) is 18.4 Å². The summed E-state index contributed by atoms with van der Waals surface area (Å²) in [6.45, 7) is 2.95. The summed E-state index contributed by atoms with van der Waals surface area (Å²) in [5.74, 6) is -1.73. The van der Waals surface area contributed by atoms with Gasteiger partial charge in [-0.25, -0.2) is 13.6 Å². The number of rotatable bonds is 4. The second-order valence-electron chi connectivity index (χ2n) is 8.15. The molecule has 2 fully saturated rings. The summed E-state index contributed by atoms with van der Waals surface area (Å²) in [6, 6.07) is 11.0. The van der Waals surface area contributed by atoms with Gasteiger partial charge in [0.1, 0.15) is 11.6 Å². The normalized spacial score (nSPS) is 21.2. The smallest absolute Gasteiger partial charge is 0.321 e. The van der Waals surface area contributed by atoms with Crippen LogP contribution in [0.15, 0.2) is 42.5 Å². The standard InChI is InChI=1S/C23H25F2N3O2/c1-14-4-2-5-16(12-14)26-23(30)28-10-8-15(9-11-28)22(29)27-20-13-17(20)21-18(24)6-3-7-19(21)25/h2-7,12,15,17,20H,8-11,13H2,1H3,(H,26,30)(H,27,29). The molecule has 0 bridgehead atoms. The summed E-state index contributed by atoms with van der Waals surface area (Å²) in [5, 5.41) is 5.81. The first-order valence-electron chi connectivity index (χ1n) is 10.3. The Bertz CT molecular complexity index is 937. The number of nitrogens with one attached hydrogen (secondary N) is 2. The van der Waals surface area contributed by atoms with Crippen LogP contribution < -0.4 is 10.6 Å². The molecule has 2 aromatic rings. The first-order valence-corrected chi connectivity index (χ1v) is 10.3. The molecule has 0 radical (unpaired) electrons. The first-order chi connectivity index (χ1) is 14.4. The molecule has 1 heterocycles. The van der Waals surface area contributed by atoms with Crippen molar-refractivity contribution in [2.75, 3.05) is 18.4 Å². The lowest BCUT2D eigenvalue weighted by molar-refractivity contribution is -0.126. The Balaban J connectivity index is 1.25. The average Bonchev–Trinajstić information content (AvgIpc) is 3.46. The maximum absolute atomic E-state index is 13.9. The number of benzene rings is 2. The van der Waals surface area contributed by atoms with Crippen molar-refractivity contribution in [1.29, 1.82) is 0 Å². The summed E-state index contributed by atoms with van der Waals surface area (Å²) in [4.78, 5) is 26.7. The maximum Gasteiger partial charge on any atom is 0.321 e. The third-order valence-electron chi connectivity index (χ3n) is 5.91. The van der Waals surface area contributed by atoms with Crippen LogP contribution in [0.3, 0.4) is 0 Å². The fraction of sp³-hybridized carbons (Fsp3) is 0.391. The first kappa shape index (κ1) is 20.3. The number of anilines is 1. The van der Waals surface area contributed by atoms with Gasteiger partial charge in [0.25, 0.3) is 0 Å². The van der Waals surface area contributed by atoms with E-state index in [0.717, 1.165) is 11.3 Å². The molecule has 2 unspecified atom stereocenters. The highest BCUT2D eigenvalue weighted by Crippen LogP contribution is 2.43.